The molecule has 1 unspecified atom stereocenters. The molecular formula is C11H13ClN2O2. The quantitative estimate of drug-likeness (QED) is 0.835. The van der Waals surface area contributed by atoms with Crippen molar-refractivity contribution in [1.29, 1.82) is 0 Å². The summed E-state index contributed by atoms with van der Waals surface area (Å²) < 4.78 is 5.29. The molecule has 1 heterocycles. The summed E-state index contributed by atoms with van der Waals surface area (Å²) in [5.74, 6) is 0. The lowest BCUT2D eigenvalue weighted by atomic mass is 10.3. The second-order valence-electron chi connectivity index (χ2n) is 3.58. The summed E-state index contributed by atoms with van der Waals surface area (Å²) >= 11 is 5.91. The third kappa shape index (κ3) is 2.87. The van der Waals surface area contributed by atoms with Gasteiger partial charge < -0.3 is 15.4 Å². The highest BCUT2D eigenvalue weighted by molar-refractivity contribution is 6.33. The van der Waals surface area contributed by atoms with Crippen molar-refractivity contribution in [2.75, 3.05) is 11.9 Å². The van der Waals surface area contributed by atoms with E-state index in [9.17, 15) is 4.79 Å². The molecule has 0 radical (unpaired) electrons. The van der Waals surface area contributed by atoms with Crippen LogP contribution < -0.4 is 10.6 Å². The van der Waals surface area contributed by atoms with Crippen LogP contribution in [0.2, 0.25) is 5.02 Å². The maximum Gasteiger partial charge on any atom is 0.321 e. The number of urea groups is 1. The Morgan fingerprint density at radius 1 is 1.44 bits per heavy atom. The molecule has 0 aromatic heterocycles. The number of rotatable bonds is 2. The summed E-state index contributed by atoms with van der Waals surface area (Å²) in [6.45, 7) is 0.705. The zero-order valence-corrected chi connectivity index (χ0v) is 9.46. The van der Waals surface area contributed by atoms with Crippen LogP contribution >= 0.6 is 11.6 Å². The Morgan fingerprint density at radius 3 is 2.94 bits per heavy atom. The van der Waals surface area contributed by atoms with Crippen molar-refractivity contribution < 1.29 is 9.53 Å². The van der Waals surface area contributed by atoms with Crippen molar-refractivity contribution in [3.63, 3.8) is 0 Å². The van der Waals surface area contributed by atoms with E-state index in [1.807, 2.05) is 12.1 Å². The maximum absolute atomic E-state index is 11.6. The number of hydrogen-bond donors (Lipinski definition) is 2. The normalized spacial score (nSPS) is 19.4. The number of halogens is 1. The van der Waals surface area contributed by atoms with Gasteiger partial charge >= 0.3 is 6.03 Å². The Hall–Kier alpha value is -1.26. The number of para-hydroxylation sites is 1. The highest BCUT2D eigenvalue weighted by atomic mass is 35.5. The number of carbonyl (C=O) groups is 1. The Balaban J connectivity index is 1.89. The minimum Gasteiger partial charge on any atom is -0.358 e. The maximum atomic E-state index is 11.6. The summed E-state index contributed by atoms with van der Waals surface area (Å²) in [6, 6.07) is 6.81. The molecule has 2 rings (SSSR count). The number of nitrogens with one attached hydrogen (secondary N) is 2. The molecule has 1 atom stereocenters. The molecule has 2 amide bonds. The van der Waals surface area contributed by atoms with E-state index >= 15 is 0 Å². The van der Waals surface area contributed by atoms with Crippen LogP contribution in [-0.2, 0) is 4.74 Å². The molecule has 1 fully saturated rings. The fourth-order valence-corrected chi connectivity index (χ4v) is 1.74. The lowest BCUT2D eigenvalue weighted by Crippen LogP contribution is -2.37. The minimum absolute atomic E-state index is 0.178. The standard InChI is InChI=1S/C11H13ClN2O2/c12-8-4-1-2-5-9(8)13-11(15)14-10-6-3-7-16-10/h1-2,4-5,10H,3,6-7H2,(H2,13,14,15). The first-order chi connectivity index (χ1) is 7.75. The molecule has 1 aromatic rings. The fourth-order valence-electron chi connectivity index (χ4n) is 1.56. The van der Waals surface area contributed by atoms with Gasteiger partial charge in [0.2, 0.25) is 0 Å². The van der Waals surface area contributed by atoms with Crippen LogP contribution in [0.15, 0.2) is 24.3 Å². The lowest BCUT2D eigenvalue weighted by Gasteiger charge is -2.13. The van der Waals surface area contributed by atoms with Crippen LogP contribution in [-0.4, -0.2) is 18.9 Å². The minimum atomic E-state index is -0.292. The van der Waals surface area contributed by atoms with Crippen LogP contribution in [0.25, 0.3) is 0 Å². The summed E-state index contributed by atoms with van der Waals surface area (Å²) in [4.78, 5) is 11.6. The highest BCUT2D eigenvalue weighted by Gasteiger charge is 2.17. The largest absolute Gasteiger partial charge is 0.358 e. The number of carbonyl (C=O) groups excluding carboxylic acids is 1. The summed E-state index contributed by atoms with van der Waals surface area (Å²) in [5, 5.41) is 5.92. The lowest BCUT2D eigenvalue weighted by molar-refractivity contribution is 0.0928. The van der Waals surface area contributed by atoms with Gasteiger partial charge in [-0.3, -0.25) is 0 Å². The average molecular weight is 241 g/mol. The molecule has 16 heavy (non-hydrogen) atoms. The number of hydrogen-bond acceptors (Lipinski definition) is 2. The van der Waals surface area contributed by atoms with Crippen molar-refractivity contribution >= 4 is 23.3 Å². The molecule has 0 bridgehead atoms. The first-order valence-corrected chi connectivity index (χ1v) is 5.57. The molecule has 1 aromatic carbocycles. The number of benzene rings is 1. The van der Waals surface area contributed by atoms with Crippen molar-refractivity contribution in [1.82, 2.24) is 5.32 Å². The van der Waals surface area contributed by atoms with E-state index in [1.54, 1.807) is 12.1 Å². The highest BCUT2D eigenvalue weighted by Crippen LogP contribution is 2.20. The Kier molecular flexibility index (Phi) is 3.64. The molecule has 86 valence electrons. The van der Waals surface area contributed by atoms with Gasteiger partial charge in [-0.25, -0.2) is 4.79 Å². The Morgan fingerprint density at radius 2 is 2.25 bits per heavy atom. The van der Waals surface area contributed by atoms with Crippen LogP contribution in [0, 0.1) is 0 Å². The molecule has 1 saturated heterocycles. The van der Waals surface area contributed by atoms with E-state index in [0.29, 0.717) is 17.3 Å². The predicted molar refractivity (Wildman–Crippen MR) is 62.6 cm³/mol. The van der Waals surface area contributed by atoms with Gasteiger partial charge in [0.05, 0.1) is 10.7 Å². The van der Waals surface area contributed by atoms with Gasteiger partial charge in [0.15, 0.2) is 0 Å². The Bertz CT molecular complexity index is 378. The predicted octanol–water partition coefficient (Wildman–Crippen LogP) is 2.60. The zero-order valence-electron chi connectivity index (χ0n) is 8.70. The first-order valence-electron chi connectivity index (χ1n) is 5.19. The molecule has 0 spiro atoms. The van der Waals surface area contributed by atoms with Crippen molar-refractivity contribution in [3.05, 3.63) is 29.3 Å². The molecule has 4 nitrogen and oxygen atoms in total. The van der Waals surface area contributed by atoms with Gasteiger partial charge in [0.1, 0.15) is 6.23 Å². The van der Waals surface area contributed by atoms with Crippen molar-refractivity contribution in [2.45, 2.75) is 19.1 Å². The van der Waals surface area contributed by atoms with Gasteiger partial charge in [-0.05, 0) is 25.0 Å². The van der Waals surface area contributed by atoms with E-state index in [-0.39, 0.29) is 12.3 Å². The van der Waals surface area contributed by atoms with Crippen molar-refractivity contribution in [3.8, 4) is 0 Å². The molecule has 5 heteroatoms. The topological polar surface area (TPSA) is 50.4 Å². The van der Waals surface area contributed by atoms with Gasteiger partial charge in [0.25, 0.3) is 0 Å². The van der Waals surface area contributed by atoms with E-state index in [1.165, 1.54) is 0 Å². The second-order valence-corrected chi connectivity index (χ2v) is 3.99. The SMILES string of the molecule is O=C(Nc1ccccc1Cl)NC1CCCO1. The summed E-state index contributed by atoms with van der Waals surface area (Å²) in [7, 11) is 0. The van der Waals surface area contributed by atoms with Crippen LogP contribution in [0.1, 0.15) is 12.8 Å². The van der Waals surface area contributed by atoms with E-state index in [4.69, 9.17) is 16.3 Å². The average Bonchev–Trinajstić information content (AvgIpc) is 2.74. The summed E-state index contributed by atoms with van der Waals surface area (Å²) in [5.41, 5.74) is 0.597. The third-order valence-electron chi connectivity index (χ3n) is 2.34. The van der Waals surface area contributed by atoms with Crippen molar-refractivity contribution in [2.24, 2.45) is 0 Å². The number of ether oxygens (including phenoxy) is 1. The molecular weight excluding hydrogens is 228 g/mol. The molecule has 2 N–H and O–H groups in total. The molecule has 0 saturated carbocycles. The zero-order chi connectivity index (χ0) is 11.4. The fraction of sp³-hybridized carbons (Fsp3) is 0.364. The first kappa shape index (κ1) is 11.2. The monoisotopic (exact) mass is 240 g/mol. The van der Waals surface area contributed by atoms with Crippen LogP contribution in [0.3, 0.4) is 0 Å². The van der Waals surface area contributed by atoms with Crippen LogP contribution in [0.5, 0.6) is 0 Å². The smallest absolute Gasteiger partial charge is 0.321 e. The molecule has 1 aliphatic heterocycles. The van der Waals surface area contributed by atoms with Crippen LogP contribution in [0.4, 0.5) is 10.5 Å². The third-order valence-corrected chi connectivity index (χ3v) is 2.67. The number of anilines is 1. The van der Waals surface area contributed by atoms with Gasteiger partial charge in [-0.1, -0.05) is 23.7 Å². The van der Waals surface area contributed by atoms with E-state index in [2.05, 4.69) is 10.6 Å². The van der Waals surface area contributed by atoms with Gasteiger partial charge in [-0.15, -0.1) is 0 Å². The summed E-state index contributed by atoms with van der Waals surface area (Å²) in [6.07, 6.45) is 1.66. The van der Waals surface area contributed by atoms with Gasteiger partial charge in [0, 0.05) is 6.61 Å². The Labute approximate surface area is 98.9 Å². The number of amides is 2. The van der Waals surface area contributed by atoms with E-state index in [0.717, 1.165) is 12.8 Å². The van der Waals surface area contributed by atoms with E-state index < -0.39 is 0 Å². The second kappa shape index (κ2) is 5.18. The molecule has 1 aliphatic rings. The van der Waals surface area contributed by atoms with Gasteiger partial charge in [-0.2, -0.15) is 0 Å². The molecule has 0 aliphatic carbocycles.